The van der Waals surface area contributed by atoms with Gasteiger partial charge < -0.3 is 14.2 Å². The number of rotatable bonds is 45. The Labute approximate surface area is 399 Å². The van der Waals surface area contributed by atoms with Crippen LogP contribution in [-0.4, -0.2) is 37.2 Å². The van der Waals surface area contributed by atoms with Crippen LogP contribution in [0.4, 0.5) is 0 Å². The first kappa shape index (κ1) is 60.8. The molecule has 0 unspecified atom stereocenters. The Morgan fingerprint density at radius 2 is 0.615 bits per heavy atom. The second-order valence-electron chi connectivity index (χ2n) is 16.7. The summed E-state index contributed by atoms with van der Waals surface area (Å²) in [5.41, 5.74) is 0. The molecule has 0 aromatic rings. The van der Waals surface area contributed by atoms with Gasteiger partial charge in [0.05, 0.1) is 0 Å². The SMILES string of the molecule is CC/C=C\C/C=C\C/C=C\C/C=C\C/C=C\CCCC(=O)OC[C@H](COC(=O)CCCC/C=C\C/C=C\C/C=C\C/C=C\CC)OC(=O)CCCCCCC/C=C\CCCCCCCC. The number of hydrogen-bond acceptors (Lipinski definition) is 6. The third-order valence-electron chi connectivity index (χ3n) is 10.4. The van der Waals surface area contributed by atoms with Crippen molar-refractivity contribution in [1.29, 1.82) is 0 Å². The summed E-state index contributed by atoms with van der Waals surface area (Å²) in [5, 5.41) is 0. The van der Waals surface area contributed by atoms with Gasteiger partial charge in [0.25, 0.3) is 0 Å². The third-order valence-corrected chi connectivity index (χ3v) is 10.4. The smallest absolute Gasteiger partial charge is 0.306 e. The Morgan fingerprint density at radius 3 is 1.05 bits per heavy atom. The Bertz CT molecular complexity index is 1400. The summed E-state index contributed by atoms with van der Waals surface area (Å²) in [6.45, 7) is 6.29. The maximum Gasteiger partial charge on any atom is 0.306 e. The molecule has 0 heterocycles. The largest absolute Gasteiger partial charge is 0.462 e. The van der Waals surface area contributed by atoms with Crippen molar-refractivity contribution in [1.82, 2.24) is 0 Å². The van der Waals surface area contributed by atoms with Crippen molar-refractivity contribution in [2.24, 2.45) is 0 Å². The zero-order valence-electron chi connectivity index (χ0n) is 41.7. The number of esters is 3. The molecule has 0 fully saturated rings. The Balaban J connectivity index is 4.58. The van der Waals surface area contributed by atoms with Gasteiger partial charge >= 0.3 is 17.9 Å². The molecule has 0 spiro atoms. The van der Waals surface area contributed by atoms with Gasteiger partial charge in [-0.2, -0.15) is 0 Å². The van der Waals surface area contributed by atoms with E-state index in [9.17, 15) is 14.4 Å². The summed E-state index contributed by atoms with van der Waals surface area (Å²) >= 11 is 0. The number of allylic oxidation sites excluding steroid dienone is 20. The Hall–Kier alpha value is -4.19. The molecule has 0 aliphatic heterocycles. The van der Waals surface area contributed by atoms with Crippen LogP contribution in [0.15, 0.2) is 122 Å². The summed E-state index contributed by atoms with van der Waals surface area (Å²) in [4.78, 5) is 38.0. The molecule has 0 aromatic carbocycles. The topological polar surface area (TPSA) is 78.9 Å². The lowest BCUT2D eigenvalue weighted by molar-refractivity contribution is -0.167. The van der Waals surface area contributed by atoms with E-state index in [0.717, 1.165) is 109 Å². The minimum absolute atomic E-state index is 0.124. The fourth-order valence-electron chi connectivity index (χ4n) is 6.58. The predicted molar refractivity (Wildman–Crippen MR) is 279 cm³/mol. The van der Waals surface area contributed by atoms with Crippen molar-refractivity contribution in [3.8, 4) is 0 Å². The summed E-state index contributed by atoms with van der Waals surface area (Å²) in [7, 11) is 0. The zero-order valence-corrected chi connectivity index (χ0v) is 41.7. The quantitative estimate of drug-likeness (QED) is 0.0262. The molecule has 6 nitrogen and oxygen atoms in total. The average Bonchev–Trinajstić information content (AvgIpc) is 3.30. The monoisotopic (exact) mass is 899 g/mol. The predicted octanol–water partition coefficient (Wildman–Crippen LogP) is 17.3. The number of hydrogen-bond donors (Lipinski definition) is 0. The van der Waals surface area contributed by atoms with E-state index in [1.54, 1.807) is 0 Å². The van der Waals surface area contributed by atoms with E-state index in [1.165, 1.54) is 51.4 Å². The highest BCUT2D eigenvalue weighted by Gasteiger charge is 2.19. The fourth-order valence-corrected chi connectivity index (χ4v) is 6.58. The van der Waals surface area contributed by atoms with Gasteiger partial charge in [-0.15, -0.1) is 0 Å². The molecule has 0 rings (SSSR count). The van der Waals surface area contributed by atoms with Crippen LogP contribution in [0.3, 0.4) is 0 Å². The molecule has 0 saturated carbocycles. The van der Waals surface area contributed by atoms with E-state index < -0.39 is 6.10 Å². The lowest BCUT2D eigenvalue weighted by Crippen LogP contribution is -2.30. The minimum atomic E-state index is -0.825. The standard InChI is InChI=1S/C59H94O6/c1-4-7-10-13-16-19-22-25-28-29-32-34-37-40-43-46-49-52-58(61)64-55-56(65-59(62)53-50-47-44-41-38-35-31-27-24-21-18-15-12-9-6-3)54-63-57(60)51-48-45-42-39-36-33-30-26-23-20-17-14-11-8-5-2/h7-8,10-11,16-17,19-20,25-28,30-32,34,36,39-40,43,56H,4-6,9,12-15,18,21-24,29,33,35,37-38,41-42,44-55H2,1-3H3/b10-7-,11-8-,19-16-,20-17-,28-25-,30-26-,31-27-,34-32-,39-36-,43-40-/t56-/m0/s1. The van der Waals surface area contributed by atoms with E-state index in [4.69, 9.17) is 14.2 Å². The number of carbonyl (C=O) groups is 3. The molecular weight excluding hydrogens is 805 g/mol. The number of carbonyl (C=O) groups excluding carboxylic acids is 3. The molecular formula is C59H94O6. The van der Waals surface area contributed by atoms with Gasteiger partial charge in [-0.3, -0.25) is 14.4 Å². The third kappa shape index (κ3) is 50.7. The van der Waals surface area contributed by atoms with Crippen LogP contribution in [-0.2, 0) is 28.6 Å². The normalized spacial score (nSPS) is 13.1. The van der Waals surface area contributed by atoms with E-state index in [0.29, 0.717) is 25.7 Å². The van der Waals surface area contributed by atoms with Crippen LogP contribution in [0, 0.1) is 0 Å². The average molecular weight is 899 g/mol. The van der Waals surface area contributed by atoms with Crippen LogP contribution >= 0.6 is 0 Å². The molecule has 366 valence electrons. The van der Waals surface area contributed by atoms with E-state index >= 15 is 0 Å². The van der Waals surface area contributed by atoms with Gasteiger partial charge in [0, 0.05) is 19.3 Å². The Kier molecular flexibility index (Phi) is 49.1. The highest BCUT2D eigenvalue weighted by molar-refractivity contribution is 5.71. The minimum Gasteiger partial charge on any atom is -0.462 e. The fraction of sp³-hybridized carbons (Fsp3) is 0.610. The van der Waals surface area contributed by atoms with Crippen molar-refractivity contribution in [3.63, 3.8) is 0 Å². The van der Waals surface area contributed by atoms with E-state index in [-0.39, 0.29) is 37.5 Å². The summed E-state index contributed by atoms with van der Waals surface area (Å²) < 4.78 is 16.7. The molecule has 0 N–H and O–H groups in total. The lowest BCUT2D eigenvalue weighted by Gasteiger charge is -2.18. The van der Waals surface area contributed by atoms with Crippen molar-refractivity contribution >= 4 is 17.9 Å². The van der Waals surface area contributed by atoms with Gasteiger partial charge in [-0.1, -0.05) is 194 Å². The summed E-state index contributed by atoms with van der Waals surface area (Å²) in [5.74, 6) is -1.04. The number of ether oxygens (including phenoxy) is 3. The van der Waals surface area contributed by atoms with E-state index in [2.05, 4.69) is 142 Å². The molecule has 1 atom stereocenters. The summed E-state index contributed by atoms with van der Waals surface area (Å²) in [6.07, 6.45) is 71.9. The van der Waals surface area contributed by atoms with Gasteiger partial charge in [0.1, 0.15) is 13.2 Å². The number of unbranched alkanes of at least 4 members (excludes halogenated alkanes) is 14. The molecule has 0 aromatic heterocycles. The maximum atomic E-state index is 12.8. The molecule has 0 radical (unpaired) electrons. The first-order chi connectivity index (χ1) is 32.0. The molecule has 0 amide bonds. The van der Waals surface area contributed by atoms with Gasteiger partial charge in [-0.05, 0) is 122 Å². The molecule has 0 aliphatic rings. The van der Waals surface area contributed by atoms with Gasteiger partial charge in [0.2, 0.25) is 0 Å². The second kappa shape index (κ2) is 52.4. The van der Waals surface area contributed by atoms with Gasteiger partial charge in [-0.25, -0.2) is 0 Å². The lowest BCUT2D eigenvalue weighted by atomic mass is 10.1. The van der Waals surface area contributed by atoms with Crippen molar-refractivity contribution < 1.29 is 28.6 Å². The van der Waals surface area contributed by atoms with Crippen LogP contribution in [0.1, 0.15) is 213 Å². The maximum absolute atomic E-state index is 12.8. The van der Waals surface area contributed by atoms with E-state index in [1.807, 2.05) is 0 Å². The Morgan fingerprint density at radius 1 is 0.323 bits per heavy atom. The van der Waals surface area contributed by atoms with Crippen LogP contribution < -0.4 is 0 Å². The molecule has 0 aliphatic carbocycles. The van der Waals surface area contributed by atoms with Crippen LogP contribution in [0.2, 0.25) is 0 Å². The first-order valence-corrected chi connectivity index (χ1v) is 26.0. The first-order valence-electron chi connectivity index (χ1n) is 26.0. The van der Waals surface area contributed by atoms with Gasteiger partial charge in [0.15, 0.2) is 6.10 Å². The molecule has 6 heteroatoms. The molecule has 0 bridgehead atoms. The van der Waals surface area contributed by atoms with Crippen molar-refractivity contribution in [2.45, 2.75) is 219 Å². The molecule has 0 saturated heterocycles. The van der Waals surface area contributed by atoms with Crippen LogP contribution in [0.5, 0.6) is 0 Å². The second-order valence-corrected chi connectivity index (χ2v) is 16.7. The van der Waals surface area contributed by atoms with Crippen molar-refractivity contribution in [3.05, 3.63) is 122 Å². The zero-order chi connectivity index (χ0) is 47.2. The summed E-state index contributed by atoms with van der Waals surface area (Å²) in [6, 6.07) is 0. The van der Waals surface area contributed by atoms with Crippen molar-refractivity contribution in [2.75, 3.05) is 13.2 Å². The highest BCUT2D eigenvalue weighted by Crippen LogP contribution is 2.12. The van der Waals surface area contributed by atoms with Crippen LogP contribution in [0.25, 0.3) is 0 Å². The molecule has 65 heavy (non-hydrogen) atoms. The highest BCUT2D eigenvalue weighted by atomic mass is 16.6.